The summed E-state index contributed by atoms with van der Waals surface area (Å²) >= 11 is 0. The average molecular weight is 398 g/mol. The molecule has 1 aliphatic heterocycles. The summed E-state index contributed by atoms with van der Waals surface area (Å²) in [4.78, 5) is 26.7. The molecular weight excluding hydrogens is 369 g/mol. The number of carbonyl (C=O) groups excluding carboxylic acids is 2. The van der Waals surface area contributed by atoms with E-state index in [2.05, 4.69) is 10.6 Å². The van der Waals surface area contributed by atoms with Gasteiger partial charge in [0.05, 0.1) is 12.6 Å². The van der Waals surface area contributed by atoms with E-state index in [1.807, 2.05) is 6.92 Å². The fraction of sp³-hybridized carbons (Fsp3) is 0.600. The Morgan fingerprint density at radius 3 is 2.59 bits per heavy atom. The number of rotatable bonds is 6. The molecule has 150 valence electrons. The minimum Gasteiger partial charge on any atom is -0.350 e. The highest BCUT2D eigenvalue weighted by molar-refractivity contribution is 5.87. The SMILES string of the molecule is CCN(CC(=O)NCc1ccc(F)cc1)C(=O)C1CC2CCCCC2N1.Cl. The maximum Gasteiger partial charge on any atom is 0.240 e. The number of amides is 2. The molecule has 27 heavy (non-hydrogen) atoms. The Hall–Kier alpha value is -1.66. The molecule has 2 fully saturated rings. The molecule has 3 unspecified atom stereocenters. The topological polar surface area (TPSA) is 61.4 Å². The number of nitrogens with one attached hydrogen (secondary N) is 2. The van der Waals surface area contributed by atoms with Crippen molar-refractivity contribution in [2.24, 2.45) is 5.92 Å². The Bertz CT molecular complexity index is 627. The summed E-state index contributed by atoms with van der Waals surface area (Å²) in [7, 11) is 0. The largest absolute Gasteiger partial charge is 0.350 e. The Labute approximate surface area is 166 Å². The molecule has 0 radical (unpaired) electrons. The van der Waals surface area contributed by atoms with Crippen LogP contribution in [-0.4, -0.2) is 41.9 Å². The van der Waals surface area contributed by atoms with Crippen LogP contribution in [-0.2, 0) is 16.1 Å². The molecule has 1 aliphatic carbocycles. The van der Waals surface area contributed by atoms with E-state index in [0.29, 0.717) is 25.0 Å². The van der Waals surface area contributed by atoms with Crippen molar-refractivity contribution in [2.75, 3.05) is 13.1 Å². The molecule has 3 atom stereocenters. The van der Waals surface area contributed by atoms with Crippen molar-refractivity contribution in [3.05, 3.63) is 35.6 Å². The van der Waals surface area contributed by atoms with E-state index < -0.39 is 0 Å². The summed E-state index contributed by atoms with van der Waals surface area (Å²) in [5, 5.41) is 6.29. The fourth-order valence-electron chi connectivity index (χ4n) is 4.11. The van der Waals surface area contributed by atoms with Gasteiger partial charge in [-0.05, 0) is 49.8 Å². The van der Waals surface area contributed by atoms with Gasteiger partial charge in [-0.3, -0.25) is 9.59 Å². The summed E-state index contributed by atoms with van der Waals surface area (Å²) < 4.78 is 12.9. The van der Waals surface area contributed by atoms with Crippen molar-refractivity contribution in [3.8, 4) is 0 Å². The summed E-state index contributed by atoms with van der Waals surface area (Å²) in [5.41, 5.74) is 0.829. The van der Waals surface area contributed by atoms with Crippen LogP contribution in [0.1, 0.15) is 44.6 Å². The van der Waals surface area contributed by atoms with Gasteiger partial charge in [-0.2, -0.15) is 0 Å². The monoisotopic (exact) mass is 397 g/mol. The van der Waals surface area contributed by atoms with Crippen LogP contribution in [0.3, 0.4) is 0 Å². The summed E-state index contributed by atoms with van der Waals surface area (Å²) in [6, 6.07) is 6.32. The third-order valence-corrected chi connectivity index (χ3v) is 5.59. The summed E-state index contributed by atoms with van der Waals surface area (Å²) in [6.07, 6.45) is 5.73. The molecule has 1 aromatic carbocycles. The quantitative estimate of drug-likeness (QED) is 0.775. The second-order valence-electron chi connectivity index (χ2n) is 7.36. The standard InChI is InChI=1S/C20H28FN3O2.ClH/c1-2-24(13-19(25)22-12-14-7-9-16(21)10-8-14)20(26)18-11-15-5-3-4-6-17(15)23-18;/h7-10,15,17-18,23H,2-6,11-13H2,1H3,(H,22,25);1H. The summed E-state index contributed by atoms with van der Waals surface area (Å²) in [6.45, 7) is 2.80. The van der Waals surface area contributed by atoms with E-state index in [-0.39, 0.29) is 42.6 Å². The first-order valence-electron chi connectivity index (χ1n) is 9.62. The average Bonchev–Trinajstić information content (AvgIpc) is 3.09. The Kier molecular flexibility index (Phi) is 8.05. The molecule has 1 aromatic rings. The second kappa shape index (κ2) is 10.0. The summed E-state index contributed by atoms with van der Waals surface area (Å²) in [5.74, 6) is 0.134. The Balaban J connectivity index is 0.00000261. The molecule has 0 spiro atoms. The minimum atomic E-state index is -0.299. The highest BCUT2D eigenvalue weighted by Crippen LogP contribution is 2.33. The number of benzene rings is 1. The fourth-order valence-corrected chi connectivity index (χ4v) is 4.11. The Morgan fingerprint density at radius 1 is 1.22 bits per heavy atom. The van der Waals surface area contributed by atoms with E-state index in [1.165, 1.54) is 31.4 Å². The lowest BCUT2D eigenvalue weighted by molar-refractivity contribution is -0.137. The molecule has 2 N–H and O–H groups in total. The first-order valence-corrected chi connectivity index (χ1v) is 9.62. The predicted molar refractivity (Wildman–Crippen MR) is 105 cm³/mol. The zero-order valence-corrected chi connectivity index (χ0v) is 16.6. The maximum atomic E-state index is 12.9. The first-order chi connectivity index (χ1) is 12.6. The molecule has 2 amide bonds. The molecule has 1 saturated carbocycles. The number of fused-ring (bicyclic) bond motifs is 1. The van der Waals surface area contributed by atoms with Gasteiger partial charge in [0.2, 0.25) is 11.8 Å². The van der Waals surface area contributed by atoms with Crippen LogP contribution in [0, 0.1) is 11.7 Å². The van der Waals surface area contributed by atoms with Crippen LogP contribution in [0.15, 0.2) is 24.3 Å². The van der Waals surface area contributed by atoms with Crippen molar-refractivity contribution < 1.29 is 14.0 Å². The van der Waals surface area contributed by atoms with Crippen molar-refractivity contribution >= 4 is 24.2 Å². The zero-order valence-electron chi connectivity index (χ0n) is 15.7. The first kappa shape index (κ1) is 21.6. The van der Waals surface area contributed by atoms with Gasteiger partial charge in [-0.25, -0.2) is 4.39 Å². The van der Waals surface area contributed by atoms with E-state index in [9.17, 15) is 14.0 Å². The number of likely N-dealkylation sites (N-methyl/N-ethyl adjacent to an activating group) is 1. The molecule has 3 rings (SSSR count). The van der Waals surface area contributed by atoms with Gasteiger partial charge in [-0.1, -0.05) is 25.0 Å². The minimum absolute atomic E-state index is 0. The maximum absolute atomic E-state index is 12.9. The lowest BCUT2D eigenvalue weighted by atomic mass is 9.85. The molecule has 2 aliphatic rings. The number of carbonyl (C=O) groups is 2. The predicted octanol–water partition coefficient (Wildman–Crippen LogP) is 2.63. The van der Waals surface area contributed by atoms with E-state index in [4.69, 9.17) is 0 Å². The van der Waals surface area contributed by atoms with Crippen molar-refractivity contribution in [3.63, 3.8) is 0 Å². The lowest BCUT2D eigenvalue weighted by Gasteiger charge is -2.25. The van der Waals surface area contributed by atoms with Gasteiger partial charge >= 0.3 is 0 Å². The zero-order chi connectivity index (χ0) is 18.5. The van der Waals surface area contributed by atoms with Crippen LogP contribution < -0.4 is 10.6 Å². The lowest BCUT2D eigenvalue weighted by Crippen LogP contribution is -2.48. The van der Waals surface area contributed by atoms with E-state index in [0.717, 1.165) is 18.4 Å². The highest BCUT2D eigenvalue weighted by atomic mass is 35.5. The number of halogens is 2. The number of nitrogens with zero attached hydrogens (tertiary/aromatic N) is 1. The third kappa shape index (κ3) is 5.66. The van der Waals surface area contributed by atoms with Crippen molar-refractivity contribution in [1.29, 1.82) is 0 Å². The van der Waals surface area contributed by atoms with E-state index in [1.54, 1.807) is 17.0 Å². The van der Waals surface area contributed by atoms with Crippen LogP contribution in [0.25, 0.3) is 0 Å². The van der Waals surface area contributed by atoms with E-state index >= 15 is 0 Å². The molecule has 0 bridgehead atoms. The number of hydrogen-bond donors (Lipinski definition) is 2. The van der Waals surface area contributed by atoms with Crippen molar-refractivity contribution in [1.82, 2.24) is 15.5 Å². The molecule has 1 saturated heterocycles. The van der Waals surface area contributed by atoms with Gasteiger partial charge in [-0.15, -0.1) is 12.4 Å². The van der Waals surface area contributed by atoms with Crippen LogP contribution in [0.2, 0.25) is 0 Å². The molecular formula is C20H29ClFN3O2. The van der Waals surface area contributed by atoms with Crippen molar-refractivity contribution in [2.45, 2.75) is 57.7 Å². The van der Waals surface area contributed by atoms with Crippen LogP contribution in [0.4, 0.5) is 4.39 Å². The van der Waals surface area contributed by atoms with Gasteiger partial charge < -0.3 is 15.5 Å². The second-order valence-corrected chi connectivity index (χ2v) is 7.36. The smallest absolute Gasteiger partial charge is 0.240 e. The van der Waals surface area contributed by atoms with Gasteiger partial charge in [0.15, 0.2) is 0 Å². The number of hydrogen-bond acceptors (Lipinski definition) is 3. The Morgan fingerprint density at radius 2 is 1.93 bits per heavy atom. The molecule has 0 aromatic heterocycles. The molecule has 7 heteroatoms. The van der Waals surface area contributed by atoms with Crippen LogP contribution >= 0.6 is 12.4 Å². The highest BCUT2D eigenvalue weighted by Gasteiger charge is 2.39. The molecule has 1 heterocycles. The van der Waals surface area contributed by atoms with Gasteiger partial charge in [0.25, 0.3) is 0 Å². The third-order valence-electron chi connectivity index (χ3n) is 5.59. The molecule has 5 nitrogen and oxygen atoms in total. The van der Waals surface area contributed by atoms with Gasteiger partial charge in [0.1, 0.15) is 5.82 Å². The van der Waals surface area contributed by atoms with Gasteiger partial charge in [0, 0.05) is 19.1 Å². The normalized spacial score (nSPS) is 23.9. The van der Waals surface area contributed by atoms with Crippen LogP contribution in [0.5, 0.6) is 0 Å².